The lowest BCUT2D eigenvalue weighted by molar-refractivity contribution is -0.148. The van der Waals surface area contributed by atoms with Gasteiger partial charge in [-0.15, -0.1) is 0 Å². The SMILES string of the molecule is CC(C)(C)OC(=O)/C=C/C=C/C1CC(O[Si](c2ccccc2)(c2ccccc2)C(C)(C)C)C1. The normalized spacial score (nSPS) is 19.6. The minimum atomic E-state index is -2.49. The van der Waals surface area contributed by atoms with Crippen LogP contribution in [0.15, 0.2) is 85.0 Å². The minimum absolute atomic E-state index is 0.00716. The zero-order valence-corrected chi connectivity index (χ0v) is 21.9. The van der Waals surface area contributed by atoms with E-state index in [9.17, 15) is 4.79 Å². The first-order valence-corrected chi connectivity index (χ1v) is 13.8. The van der Waals surface area contributed by atoms with Gasteiger partial charge in [0, 0.05) is 12.2 Å². The molecule has 2 aromatic rings. The van der Waals surface area contributed by atoms with Gasteiger partial charge in [-0.1, -0.05) is 99.7 Å². The van der Waals surface area contributed by atoms with Crippen LogP contribution >= 0.6 is 0 Å². The standard InChI is InChI=1S/C29H38O3Si/c1-28(2,3)31-27(30)20-14-13-15-23-21-24(22-23)32-33(29(4,5)6,25-16-9-7-10-17-25)26-18-11-8-12-19-26/h7-20,23-24H,21-22H2,1-6H3/b15-13+,20-14+. The van der Waals surface area contributed by atoms with Gasteiger partial charge in [-0.25, -0.2) is 4.79 Å². The summed E-state index contributed by atoms with van der Waals surface area (Å²) in [6.45, 7) is 12.6. The van der Waals surface area contributed by atoms with Gasteiger partial charge in [0.25, 0.3) is 8.32 Å². The predicted octanol–water partition coefficient (Wildman–Crippen LogP) is 5.80. The number of esters is 1. The topological polar surface area (TPSA) is 35.5 Å². The van der Waals surface area contributed by atoms with E-state index in [1.165, 1.54) is 16.4 Å². The maximum atomic E-state index is 11.8. The van der Waals surface area contributed by atoms with Gasteiger partial charge in [-0.2, -0.15) is 0 Å². The fourth-order valence-corrected chi connectivity index (χ4v) is 9.20. The highest BCUT2D eigenvalue weighted by Gasteiger charge is 2.52. The molecule has 0 radical (unpaired) electrons. The molecule has 0 bridgehead atoms. The number of hydrogen-bond donors (Lipinski definition) is 0. The van der Waals surface area contributed by atoms with Gasteiger partial charge in [0.05, 0.1) is 0 Å². The Morgan fingerprint density at radius 3 is 1.82 bits per heavy atom. The maximum Gasteiger partial charge on any atom is 0.331 e. The molecule has 0 N–H and O–H groups in total. The summed E-state index contributed by atoms with van der Waals surface area (Å²) >= 11 is 0. The molecule has 0 atom stereocenters. The molecule has 3 rings (SSSR count). The predicted molar refractivity (Wildman–Crippen MR) is 139 cm³/mol. The van der Waals surface area contributed by atoms with Crippen LogP contribution in [0.2, 0.25) is 5.04 Å². The van der Waals surface area contributed by atoms with Crippen LogP contribution in [0.5, 0.6) is 0 Å². The molecule has 0 aromatic heterocycles. The Bertz CT molecular complexity index is 920. The summed E-state index contributed by atoms with van der Waals surface area (Å²) in [4.78, 5) is 11.8. The van der Waals surface area contributed by atoms with Gasteiger partial charge in [0.15, 0.2) is 0 Å². The third-order valence-electron chi connectivity index (χ3n) is 6.03. The quantitative estimate of drug-likeness (QED) is 0.226. The van der Waals surface area contributed by atoms with Crippen molar-refractivity contribution in [1.29, 1.82) is 0 Å². The lowest BCUT2D eigenvalue weighted by Crippen LogP contribution is -2.68. The van der Waals surface area contributed by atoms with E-state index in [0.717, 1.165) is 12.8 Å². The van der Waals surface area contributed by atoms with Crippen molar-refractivity contribution in [2.75, 3.05) is 0 Å². The molecule has 0 unspecified atom stereocenters. The largest absolute Gasteiger partial charge is 0.457 e. The van der Waals surface area contributed by atoms with E-state index < -0.39 is 13.9 Å². The Morgan fingerprint density at radius 1 is 0.848 bits per heavy atom. The number of allylic oxidation sites excluding steroid dienone is 3. The second kappa shape index (κ2) is 10.2. The van der Waals surface area contributed by atoms with Crippen molar-refractivity contribution in [3.8, 4) is 0 Å². The first kappa shape index (κ1) is 25.2. The number of carbonyl (C=O) groups excluding carboxylic acids is 1. The van der Waals surface area contributed by atoms with Crippen LogP contribution in [0.1, 0.15) is 54.4 Å². The van der Waals surface area contributed by atoms with E-state index in [4.69, 9.17) is 9.16 Å². The first-order chi connectivity index (χ1) is 15.5. The molecule has 1 fully saturated rings. The zero-order valence-electron chi connectivity index (χ0n) is 20.9. The van der Waals surface area contributed by atoms with Crippen LogP contribution in [0.25, 0.3) is 0 Å². The van der Waals surface area contributed by atoms with Crippen LogP contribution in [0.4, 0.5) is 0 Å². The molecule has 33 heavy (non-hydrogen) atoms. The minimum Gasteiger partial charge on any atom is -0.457 e. The van der Waals surface area contributed by atoms with Crippen molar-refractivity contribution in [3.05, 3.63) is 85.0 Å². The van der Waals surface area contributed by atoms with Gasteiger partial charge < -0.3 is 9.16 Å². The molecule has 1 aliphatic rings. The van der Waals surface area contributed by atoms with Gasteiger partial charge in [-0.3, -0.25) is 0 Å². The molecule has 1 aliphatic carbocycles. The smallest absolute Gasteiger partial charge is 0.331 e. The molecule has 2 aromatic carbocycles. The highest BCUT2D eigenvalue weighted by Crippen LogP contribution is 2.41. The lowest BCUT2D eigenvalue weighted by Gasteiger charge is -2.48. The van der Waals surface area contributed by atoms with Gasteiger partial charge in [0.1, 0.15) is 5.60 Å². The second-order valence-corrected chi connectivity index (χ2v) is 15.2. The van der Waals surface area contributed by atoms with E-state index >= 15 is 0 Å². The number of rotatable bonds is 7. The zero-order chi connectivity index (χ0) is 24.1. The van der Waals surface area contributed by atoms with E-state index in [1.54, 1.807) is 6.08 Å². The van der Waals surface area contributed by atoms with Crippen LogP contribution in [-0.4, -0.2) is 26.0 Å². The summed E-state index contributed by atoms with van der Waals surface area (Å²) < 4.78 is 12.5. The molecular formula is C29H38O3Si. The van der Waals surface area contributed by atoms with E-state index in [-0.39, 0.29) is 17.1 Å². The summed E-state index contributed by atoms with van der Waals surface area (Å²) in [5, 5.41) is 2.64. The Balaban J connectivity index is 1.72. The molecule has 0 amide bonds. The molecular weight excluding hydrogens is 424 g/mol. The maximum absolute atomic E-state index is 11.8. The second-order valence-electron chi connectivity index (χ2n) is 10.9. The Kier molecular flexibility index (Phi) is 7.81. The van der Waals surface area contributed by atoms with E-state index in [2.05, 4.69) is 87.5 Å². The van der Waals surface area contributed by atoms with Crippen LogP contribution in [0.3, 0.4) is 0 Å². The molecule has 4 heteroatoms. The highest BCUT2D eigenvalue weighted by atomic mass is 28.4. The third-order valence-corrected chi connectivity index (χ3v) is 11.1. The lowest BCUT2D eigenvalue weighted by atomic mass is 9.82. The molecule has 0 aliphatic heterocycles. The molecule has 0 heterocycles. The van der Waals surface area contributed by atoms with Crippen molar-refractivity contribution in [2.45, 2.75) is 71.1 Å². The number of carbonyl (C=O) groups is 1. The Labute approximate surface area is 200 Å². The van der Waals surface area contributed by atoms with Crippen LogP contribution in [-0.2, 0) is 14.0 Å². The number of ether oxygens (including phenoxy) is 1. The summed E-state index contributed by atoms with van der Waals surface area (Å²) in [5.74, 6) is 0.158. The third kappa shape index (κ3) is 6.33. The van der Waals surface area contributed by atoms with Crippen molar-refractivity contribution >= 4 is 24.7 Å². The van der Waals surface area contributed by atoms with Crippen molar-refractivity contribution in [2.24, 2.45) is 5.92 Å². The molecule has 0 saturated heterocycles. The molecule has 176 valence electrons. The molecule has 3 nitrogen and oxygen atoms in total. The Morgan fingerprint density at radius 2 is 1.36 bits per heavy atom. The van der Waals surface area contributed by atoms with Crippen molar-refractivity contribution in [1.82, 2.24) is 0 Å². The fourth-order valence-electron chi connectivity index (χ4n) is 4.49. The van der Waals surface area contributed by atoms with E-state index in [1.807, 2.05) is 26.8 Å². The van der Waals surface area contributed by atoms with Crippen molar-refractivity contribution in [3.63, 3.8) is 0 Å². The van der Waals surface area contributed by atoms with Gasteiger partial charge >= 0.3 is 5.97 Å². The van der Waals surface area contributed by atoms with Gasteiger partial charge in [-0.05, 0) is 54.9 Å². The fraction of sp³-hybridized carbons (Fsp3) is 0.414. The summed E-state index contributed by atoms with van der Waals surface area (Å²) in [7, 11) is -2.49. The van der Waals surface area contributed by atoms with Crippen LogP contribution < -0.4 is 10.4 Å². The Hall–Kier alpha value is -2.43. The molecule has 0 spiro atoms. The summed E-state index contributed by atoms with van der Waals surface area (Å²) in [6.07, 6.45) is 9.62. The van der Waals surface area contributed by atoms with Crippen LogP contribution in [0, 0.1) is 5.92 Å². The van der Waals surface area contributed by atoms with Crippen molar-refractivity contribution < 1.29 is 14.0 Å². The highest BCUT2D eigenvalue weighted by molar-refractivity contribution is 6.99. The summed E-state index contributed by atoms with van der Waals surface area (Å²) in [6, 6.07) is 21.6. The molecule has 1 saturated carbocycles. The number of benzene rings is 2. The number of hydrogen-bond acceptors (Lipinski definition) is 3. The van der Waals surface area contributed by atoms with E-state index in [0.29, 0.717) is 5.92 Å². The first-order valence-electron chi connectivity index (χ1n) is 11.9. The summed E-state index contributed by atoms with van der Waals surface area (Å²) in [5.41, 5.74) is -0.468. The average Bonchev–Trinajstić information content (AvgIpc) is 2.71. The monoisotopic (exact) mass is 462 g/mol. The van der Waals surface area contributed by atoms with Gasteiger partial charge in [0.2, 0.25) is 0 Å². The average molecular weight is 463 g/mol.